The molecule has 1 saturated carbocycles. The Kier molecular flexibility index (Phi) is 4.66. The van der Waals surface area contributed by atoms with E-state index in [1.165, 1.54) is 32.2 Å². The molecule has 1 aliphatic carbocycles. The Morgan fingerprint density at radius 3 is 2.59 bits per heavy atom. The van der Waals surface area contributed by atoms with Gasteiger partial charge in [0.1, 0.15) is 17.1 Å². The first-order valence-electron chi connectivity index (χ1n) is 9.21. The number of nitrogens with one attached hydrogen (secondary N) is 1. The number of amides is 1. The molecule has 2 aromatic carbocycles. The summed E-state index contributed by atoms with van der Waals surface area (Å²) < 4.78 is 19.6. The first-order valence-corrected chi connectivity index (χ1v) is 9.21. The van der Waals surface area contributed by atoms with Crippen molar-refractivity contribution in [1.82, 2.24) is 4.98 Å². The molecule has 1 aliphatic rings. The van der Waals surface area contributed by atoms with Crippen molar-refractivity contribution in [3.63, 3.8) is 0 Å². The fourth-order valence-electron chi connectivity index (χ4n) is 3.47. The van der Waals surface area contributed by atoms with Crippen molar-refractivity contribution >= 4 is 28.5 Å². The maximum absolute atomic E-state index is 14.5. The van der Waals surface area contributed by atoms with Gasteiger partial charge in [0.2, 0.25) is 5.91 Å². The molecule has 0 radical (unpaired) electrons. The smallest absolute Gasteiger partial charge is 0.339 e. The van der Waals surface area contributed by atoms with Crippen LogP contribution in [-0.4, -0.2) is 29.1 Å². The molecule has 1 aromatic heterocycles. The number of carbonyl (C=O) groups is 2. The van der Waals surface area contributed by atoms with Crippen molar-refractivity contribution in [3.8, 4) is 17.0 Å². The maximum atomic E-state index is 14.5. The maximum Gasteiger partial charge on any atom is 0.339 e. The van der Waals surface area contributed by atoms with Crippen molar-refractivity contribution in [3.05, 3.63) is 53.3 Å². The van der Waals surface area contributed by atoms with Crippen LogP contribution in [0.1, 0.15) is 41.6 Å². The van der Waals surface area contributed by atoms with E-state index >= 15 is 0 Å². The number of carboxylic acid groups (broad SMARTS) is 1. The molecule has 1 heterocycles. The minimum Gasteiger partial charge on any atom is -0.496 e. The van der Waals surface area contributed by atoms with E-state index in [0.717, 1.165) is 18.4 Å². The van der Waals surface area contributed by atoms with Gasteiger partial charge in [0.25, 0.3) is 0 Å². The predicted octanol–water partition coefficient (Wildman–Crippen LogP) is 4.58. The number of carboxylic acids is 1. The van der Waals surface area contributed by atoms with E-state index in [2.05, 4.69) is 10.3 Å². The SMILES string of the molecule is COc1ccc(-c2cc(C3CC3)c3cc(F)c(NC(C)=O)cc3n2)cc1C(=O)O. The summed E-state index contributed by atoms with van der Waals surface area (Å²) in [6, 6.07) is 9.67. The monoisotopic (exact) mass is 394 g/mol. The molecule has 0 aliphatic heterocycles. The van der Waals surface area contributed by atoms with E-state index in [-0.39, 0.29) is 22.9 Å². The van der Waals surface area contributed by atoms with Gasteiger partial charge in [-0.25, -0.2) is 14.2 Å². The molecule has 1 fully saturated rings. The van der Waals surface area contributed by atoms with Gasteiger partial charge in [0.15, 0.2) is 0 Å². The molecule has 0 unspecified atom stereocenters. The summed E-state index contributed by atoms with van der Waals surface area (Å²) in [5.41, 5.74) is 2.84. The number of aromatic carboxylic acids is 1. The highest BCUT2D eigenvalue weighted by atomic mass is 19.1. The van der Waals surface area contributed by atoms with Crippen molar-refractivity contribution < 1.29 is 23.8 Å². The van der Waals surface area contributed by atoms with Crippen molar-refractivity contribution in [1.29, 1.82) is 0 Å². The molecule has 1 amide bonds. The molecule has 7 heteroatoms. The molecule has 29 heavy (non-hydrogen) atoms. The Balaban J connectivity index is 1.91. The van der Waals surface area contributed by atoms with Crippen molar-refractivity contribution in [2.24, 2.45) is 0 Å². The van der Waals surface area contributed by atoms with E-state index in [9.17, 15) is 19.1 Å². The van der Waals surface area contributed by atoms with Crippen LogP contribution in [0.3, 0.4) is 0 Å². The Hall–Kier alpha value is -3.48. The second kappa shape index (κ2) is 7.16. The van der Waals surface area contributed by atoms with Crippen LogP contribution in [0.2, 0.25) is 0 Å². The number of methoxy groups -OCH3 is 1. The van der Waals surface area contributed by atoms with Crippen LogP contribution in [0.4, 0.5) is 10.1 Å². The normalized spacial score (nSPS) is 13.3. The predicted molar refractivity (Wildman–Crippen MR) is 107 cm³/mol. The van der Waals surface area contributed by atoms with Gasteiger partial charge in [-0.05, 0) is 60.7 Å². The van der Waals surface area contributed by atoms with Crippen LogP contribution in [0.25, 0.3) is 22.2 Å². The van der Waals surface area contributed by atoms with Crippen molar-refractivity contribution in [2.75, 3.05) is 12.4 Å². The quantitative estimate of drug-likeness (QED) is 0.661. The minimum absolute atomic E-state index is 0.0397. The van der Waals surface area contributed by atoms with Crippen LogP contribution in [0.5, 0.6) is 5.75 Å². The molecule has 6 nitrogen and oxygen atoms in total. The van der Waals surface area contributed by atoms with Crippen LogP contribution >= 0.6 is 0 Å². The first-order chi connectivity index (χ1) is 13.9. The van der Waals surface area contributed by atoms with Crippen LogP contribution in [0.15, 0.2) is 36.4 Å². The second-order valence-electron chi connectivity index (χ2n) is 7.12. The van der Waals surface area contributed by atoms with E-state index in [1.807, 2.05) is 6.07 Å². The van der Waals surface area contributed by atoms with Gasteiger partial charge in [0, 0.05) is 17.9 Å². The fourth-order valence-corrected chi connectivity index (χ4v) is 3.47. The van der Waals surface area contributed by atoms with Crippen LogP contribution < -0.4 is 10.1 Å². The summed E-state index contributed by atoms with van der Waals surface area (Å²) in [5, 5.41) is 12.6. The Morgan fingerprint density at radius 1 is 1.21 bits per heavy atom. The summed E-state index contributed by atoms with van der Waals surface area (Å²) >= 11 is 0. The molecule has 3 aromatic rings. The lowest BCUT2D eigenvalue weighted by Gasteiger charge is -2.13. The number of carbonyl (C=O) groups excluding carboxylic acids is 1. The Labute approximate surface area is 166 Å². The highest BCUT2D eigenvalue weighted by Crippen LogP contribution is 2.44. The molecular weight excluding hydrogens is 375 g/mol. The molecular formula is C22H19FN2O4. The lowest BCUT2D eigenvalue weighted by molar-refractivity contribution is -0.114. The van der Waals surface area contributed by atoms with Crippen LogP contribution in [-0.2, 0) is 4.79 Å². The van der Waals surface area contributed by atoms with Gasteiger partial charge >= 0.3 is 5.97 Å². The fraction of sp³-hybridized carbons (Fsp3) is 0.227. The zero-order valence-electron chi connectivity index (χ0n) is 16.0. The van der Waals surface area contributed by atoms with Gasteiger partial charge < -0.3 is 15.2 Å². The Morgan fingerprint density at radius 2 is 1.97 bits per heavy atom. The second-order valence-corrected chi connectivity index (χ2v) is 7.12. The molecule has 4 rings (SSSR count). The number of benzene rings is 2. The van der Waals surface area contributed by atoms with Gasteiger partial charge in [-0.15, -0.1) is 0 Å². The number of fused-ring (bicyclic) bond motifs is 1. The number of hydrogen-bond acceptors (Lipinski definition) is 4. The van der Waals surface area contributed by atoms with Gasteiger partial charge in [-0.1, -0.05) is 0 Å². The zero-order valence-corrected chi connectivity index (χ0v) is 16.0. The lowest BCUT2D eigenvalue weighted by Crippen LogP contribution is -2.08. The number of rotatable bonds is 5. The van der Waals surface area contributed by atoms with Crippen LogP contribution in [0, 0.1) is 5.82 Å². The summed E-state index contributed by atoms with van der Waals surface area (Å²) in [6.07, 6.45) is 2.02. The van der Waals surface area contributed by atoms with E-state index in [4.69, 9.17) is 4.74 Å². The summed E-state index contributed by atoms with van der Waals surface area (Å²) in [5.74, 6) is -1.39. The average molecular weight is 394 g/mol. The summed E-state index contributed by atoms with van der Waals surface area (Å²) in [7, 11) is 1.42. The third kappa shape index (κ3) is 3.63. The Bertz CT molecular complexity index is 1160. The van der Waals surface area contributed by atoms with E-state index in [0.29, 0.717) is 28.1 Å². The molecule has 0 spiro atoms. The van der Waals surface area contributed by atoms with E-state index in [1.54, 1.807) is 12.1 Å². The molecule has 148 valence electrons. The van der Waals surface area contributed by atoms with Gasteiger partial charge in [-0.2, -0.15) is 0 Å². The molecule has 2 N–H and O–H groups in total. The zero-order chi connectivity index (χ0) is 20.7. The number of halogens is 1. The number of anilines is 1. The third-order valence-electron chi connectivity index (χ3n) is 4.98. The first kappa shape index (κ1) is 18.9. The average Bonchev–Trinajstić information content (AvgIpc) is 3.52. The standard InChI is InChI=1S/C22H19FN2O4/c1-11(26)24-20-10-19-15(8-17(20)23)14(12-3-4-12)9-18(25-19)13-5-6-21(29-2)16(7-13)22(27)28/h5-10,12H,3-4H2,1-2H3,(H,24,26)(H,27,28). The number of aromatic nitrogens is 1. The number of nitrogens with zero attached hydrogens (tertiary/aromatic N) is 1. The molecule has 0 saturated heterocycles. The van der Waals surface area contributed by atoms with Gasteiger partial charge in [0.05, 0.1) is 24.0 Å². The third-order valence-corrected chi connectivity index (χ3v) is 4.98. The van der Waals surface area contributed by atoms with Crippen molar-refractivity contribution in [2.45, 2.75) is 25.7 Å². The summed E-state index contributed by atoms with van der Waals surface area (Å²) in [4.78, 5) is 27.6. The summed E-state index contributed by atoms with van der Waals surface area (Å²) in [6.45, 7) is 1.31. The van der Waals surface area contributed by atoms with E-state index < -0.39 is 11.8 Å². The number of pyridine rings is 1. The highest BCUT2D eigenvalue weighted by molar-refractivity contribution is 5.95. The topological polar surface area (TPSA) is 88.5 Å². The molecule has 0 atom stereocenters. The van der Waals surface area contributed by atoms with Gasteiger partial charge in [-0.3, -0.25) is 4.79 Å². The lowest BCUT2D eigenvalue weighted by atomic mass is 9.99. The molecule has 0 bridgehead atoms. The highest BCUT2D eigenvalue weighted by Gasteiger charge is 2.27. The largest absolute Gasteiger partial charge is 0.496 e. The minimum atomic E-state index is -1.10. The number of hydrogen-bond donors (Lipinski definition) is 2. The number of ether oxygens (including phenoxy) is 1.